The van der Waals surface area contributed by atoms with Crippen LogP contribution in [0.4, 0.5) is 0 Å². The quantitative estimate of drug-likeness (QED) is 0.725. The minimum absolute atomic E-state index is 0.0163. The van der Waals surface area contributed by atoms with E-state index in [1.807, 2.05) is 13.8 Å². The van der Waals surface area contributed by atoms with Gasteiger partial charge in [0.2, 0.25) is 10.0 Å². The average Bonchev–Trinajstić information content (AvgIpc) is 2.47. The summed E-state index contributed by atoms with van der Waals surface area (Å²) in [6.07, 6.45) is 1.54. The second-order valence-corrected chi connectivity index (χ2v) is 6.84. The maximum atomic E-state index is 12.7. The first kappa shape index (κ1) is 17.3. The summed E-state index contributed by atoms with van der Waals surface area (Å²) in [4.78, 5) is 0.184. The van der Waals surface area contributed by atoms with E-state index in [0.717, 1.165) is 18.4 Å². The number of alkyl halides is 1. The lowest BCUT2D eigenvalue weighted by Crippen LogP contribution is -2.36. The maximum absolute atomic E-state index is 12.7. The highest BCUT2D eigenvalue weighted by Gasteiger charge is 2.28. The smallest absolute Gasteiger partial charge is 0.246 e. The Kier molecular flexibility index (Phi) is 6.30. The molecule has 0 N–H and O–H groups in total. The molecular formula is C14H22ClNO3S. The third kappa shape index (κ3) is 3.45. The highest BCUT2D eigenvalue weighted by molar-refractivity contribution is 7.89. The third-order valence-corrected chi connectivity index (χ3v) is 5.75. The Morgan fingerprint density at radius 2 is 1.90 bits per heavy atom. The number of hydrogen-bond acceptors (Lipinski definition) is 3. The van der Waals surface area contributed by atoms with Crippen LogP contribution >= 0.6 is 11.6 Å². The Balaban J connectivity index is 3.28. The Hall–Kier alpha value is -0.780. The van der Waals surface area contributed by atoms with Crippen LogP contribution in [0.3, 0.4) is 0 Å². The normalized spacial score (nSPS) is 12.2. The number of hydrogen-bond donors (Lipinski definition) is 0. The van der Waals surface area contributed by atoms with Gasteiger partial charge in [-0.25, -0.2) is 8.42 Å². The first-order valence-electron chi connectivity index (χ1n) is 6.63. The van der Waals surface area contributed by atoms with Crippen LogP contribution < -0.4 is 4.74 Å². The Morgan fingerprint density at radius 3 is 2.35 bits per heavy atom. The molecule has 0 spiro atoms. The van der Waals surface area contributed by atoms with Gasteiger partial charge in [0.25, 0.3) is 0 Å². The second-order valence-electron chi connectivity index (χ2n) is 4.61. The van der Waals surface area contributed by atoms with Crippen LogP contribution in [-0.2, 0) is 15.9 Å². The van der Waals surface area contributed by atoms with Crippen molar-refractivity contribution >= 4 is 21.6 Å². The fourth-order valence-electron chi connectivity index (χ4n) is 2.16. The topological polar surface area (TPSA) is 46.6 Å². The summed E-state index contributed by atoms with van der Waals surface area (Å²) in [5, 5.41) is 0. The van der Waals surface area contributed by atoms with Crippen LogP contribution in [0.25, 0.3) is 0 Å². The second kappa shape index (κ2) is 7.29. The lowest BCUT2D eigenvalue weighted by atomic mass is 10.2. The van der Waals surface area contributed by atoms with Gasteiger partial charge in [-0.3, -0.25) is 0 Å². The Morgan fingerprint density at radius 1 is 1.30 bits per heavy atom. The molecular weight excluding hydrogens is 298 g/mol. The Bertz CT molecular complexity index is 541. The number of halogens is 1. The standard InChI is InChI=1S/C14H22ClNO3S/c1-5-12(6-2)16(3)20(17,18)14-8-7-11(10-15)9-13(14)19-4/h7-9,12H,5-6,10H2,1-4H3. The van der Waals surface area contributed by atoms with Crippen LogP contribution in [0, 0.1) is 0 Å². The van der Waals surface area contributed by atoms with Gasteiger partial charge in [-0.05, 0) is 30.5 Å². The first-order chi connectivity index (χ1) is 9.42. The molecule has 0 saturated carbocycles. The van der Waals surface area contributed by atoms with Gasteiger partial charge in [0.15, 0.2) is 0 Å². The lowest BCUT2D eigenvalue weighted by molar-refractivity contribution is 0.345. The van der Waals surface area contributed by atoms with Crippen LogP contribution in [0.15, 0.2) is 23.1 Å². The summed E-state index contributed by atoms with van der Waals surface area (Å²) in [7, 11) is -0.490. The molecule has 0 bridgehead atoms. The van der Waals surface area contributed by atoms with Gasteiger partial charge in [-0.15, -0.1) is 11.6 Å². The van der Waals surface area contributed by atoms with Crippen molar-refractivity contribution in [2.45, 2.75) is 43.5 Å². The fraction of sp³-hybridized carbons (Fsp3) is 0.571. The Labute approximate surface area is 126 Å². The molecule has 0 heterocycles. The number of benzene rings is 1. The fourth-order valence-corrected chi connectivity index (χ4v) is 3.97. The van der Waals surface area contributed by atoms with Gasteiger partial charge < -0.3 is 4.74 Å². The van der Waals surface area contributed by atoms with Crippen molar-refractivity contribution in [2.75, 3.05) is 14.2 Å². The molecule has 114 valence electrons. The van der Waals surface area contributed by atoms with Crippen LogP contribution in [0.1, 0.15) is 32.3 Å². The van der Waals surface area contributed by atoms with Gasteiger partial charge >= 0.3 is 0 Å². The van der Waals surface area contributed by atoms with E-state index in [1.54, 1.807) is 25.2 Å². The van der Waals surface area contributed by atoms with Crippen molar-refractivity contribution in [3.63, 3.8) is 0 Å². The molecule has 0 amide bonds. The van der Waals surface area contributed by atoms with Crippen molar-refractivity contribution in [2.24, 2.45) is 0 Å². The molecule has 20 heavy (non-hydrogen) atoms. The van der Waals surface area contributed by atoms with Crippen LogP contribution in [0.5, 0.6) is 5.75 Å². The SMILES string of the molecule is CCC(CC)N(C)S(=O)(=O)c1ccc(CCl)cc1OC. The van der Waals surface area contributed by atoms with E-state index in [9.17, 15) is 8.42 Å². The van der Waals surface area contributed by atoms with Crippen molar-refractivity contribution < 1.29 is 13.2 Å². The summed E-state index contributed by atoms with van der Waals surface area (Å²) >= 11 is 5.76. The molecule has 0 radical (unpaired) electrons. The van der Waals surface area contributed by atoms with E-state index in [-0.39, 0.29) is 10.9 Å². The molecule has 4 nitrogen and oxygen atoms in total. The summed E-state index contributed by atoms with van der Waals surface area (Å²) in [6.45, 7) is 3.96. The predicted octanol–water partition coefficient (Wildman–Crippen LogP) is 3.24. The number of nitrogens with zero attached hydrogens (tertiary/aromatic N) is 1. The van der Waals surface area contributed by atoms with E-state index >= 15 is 0 Å². The molecule has 0 saturated heterocycles. The molecule has 0 aliphatic heterocycles. The average molecular weight is 320 g/mol. The van der Waals surface area contributed by atoms with Gasteiger partial charge in [-0.1, -0.05) is 19.9 Å². The van der Waals surface area contributed by atoms with Crippen molar-refractivity contribution in [1.82, 2.24) is 4.31 Å². The zero-order chi connectivity index (χ0) is 15.3. The van der Waals surface area contributed by atoms with Gasteiger partial charge in [0.05, 0.1) is 7.11 Å². The highest BCUT2D eigenvalue weighted by atomic mass is 35.5. The molecule has 1 aromatic rings. The molecule has 0 aliphatic carbocycles. The molecule has 0 aliphatic rings. The lowest BCUT2D eigenvalue weighted by Gasteiger charge is -2.26. The molecule has 0 unspecified atom stereocenters. The highest BCUT2D eigenvalue weighted by Crippen LogP contribution is 2.29. The number of sulfonamides is 1. The molecule has 1 aromatic carbocycles. The van der Waals surface area contributed by atoms with E-state index in [2.05, 4.69) is 0 Å². The third-order valence-electron chi connectivity index (χ3n) is 3.50. The van der Waals surface area contributed by atoms with Crippen molar-refractivity contribution in [1.29, 1.82) is 0 Å². The van der Waals surface area contributed by atoms with Gasteiger partial charge in [0.1, 0.15) is 10.6 Å². The summed E-state index contributed by atoms with van der Waals surface area (Å²) in [5.74, 6) is 0.653. The zero-order valence-electron chi connectivity index (χ0n) is 12.4. The van der Waals surface area contributed by atoms with E-state index in [4.69, 9.17) is 16.3 Å². The first-order valence-corrected chi connectivity index (χ1v) is 8.60. The maximum Gasteiger partial charge on any atom is 0.246 e. The summed E-state index contributed by atoms with van der Waals surface area (Å²) < 4.78 is 32.0. The molecule has 0 atom stereocenters. The van der Waals surface area contributed by atoms with Gasteiger partial charge in [-0.2, -0.15) is 4.31 Å². The molecule has 1 rings (SSSR count). The van der Waals surface area contributed by atoms with Crippen LogP contribution in [0.2, 0.25) is 0 Å². The summed E-state index contributed by atoms with van der Waals surface area (Å²) in [5.41, 5.74) is 0.827. The van der Waals surface area contributed by atoms with Crippen molar-refractivity contribution in [3.05, 3.63) is 23.8 Å². The zero-order valence-corrected chi connectivity index (χ0v) is 14.0. The minimum atomic E-state index is -3.56. The van der Waals surface area contributed by atoms with E-state index in [1.165, 1.54) is 11.4 Å². The van der Waals surface area contributed by atoms with Gasteiger partial charge in [0, 0.05) is 19.0 Å². The van der Waals surface area contributed by atoms with Crippen LogP contribution in [-0.4, -0.2) is 32.9 Å². The van der Waals surface area contributed by atoms with Crippen molar-refractivity contribution in [3.8, 4) is 5.75 Å². The molecule has 0 fully saturated rings. The minimum Gasteiger partial charge on any atom is -0.495 e. The largest absolute Gasteiger partial charge is 0.495 e. The monoisotopic (exact) mass is 319 g/mol. The predicted molar refractivity (Wildman–Crippen MR) is 81.9 cm³/mol. The van der Waals surface area contributed by atoms with E-state index < -0.39 is 10.0 Å². The summed E-state index contributed by atoms with van der Waals surface area (Å²) in [6, 6.07) is 4.92. The number of ether oxygens (including phenoxy) is 1. The molecule has 6 heteroatoms. The van der Waals surface area contributed by atoms with E-state index in [0.29, 0.717) is 11.6 Å². The number of rotatable bonds is 7. The molecule has 0 aromatic heterocycles. The number of methoxy groups -OCH3 is 1.